The predicted molar refractivity (Wildman–Crippen MR) is 101 cm³/mol. The summed E-state index contributed by atoms with van der Waals surface area (Å²) < 4.78 is 33.6. The lowest BCUT2D eigenvalue weighted by Gasteiger charge is -2.39. The highest BCUT2D eigenvalue weighted by molar-refractivity contribution is 7.89. The zero-order valence-electron chi connectivity index (χ0n) is 15.9. The summed E-state index contributed by atoms with van der Waals surface area (Å²) in [5.41, 5.74) is 0.531. The second-order valence-electron chi connectivity index (χ2n) is 7.50. The molecule has 1 saturated carbocycles. The number of amides is 1. The molecule has 26 heavy (non-hydrogen) atoms. The topological polar surface area (TPSA) is 66.9 Å². The van der Waals surface area contributed by atoms with Gasteiger partial charge in [-0.2, -0.15) is 4.31 Å². The highest BCUT2D eigenvalue weighted by atomic mass is 32.2. The van der Waals surface area contributed by atoms with Crippen LogP contribution >= 0.6 is 0 Å². The Morgan fingerprint density at radius 1 is 1.27 bits per heavy atom. The molecule has 6 nitrogen and oxygen atoms in total. The highest BCUT2D eigenvalue weighted by Crippen LogP contribution is 2.37. The van der Waals surface area contributed by atoms with E-state index < -0.39 is 10.0 Å². The first-order valence-corrected chi connectivity index (χ1v) is 10.7. The summed E-state index contributed by atoms with van der Waals surface area (Å²) in [4.78, 5) is 13.7. The summed E-state index contributed by atoms with van der Waals surface area (Å²) in [5, 5.41) is 0. The van der Waals surface area contributed by atoms with Crippen molar-refractivity contribution < 1.29 is 17.9 Å². The summed E-state index contributed by atoms with van der Waals surface area (Å²) in [6.07, 6.45) is 3.08. The molecule has 7 heteroatoms. The number of rotatable bonds is 3. The predicted octanol–water partition coefficient (Wildman–Crippen LogP) is 2.88. The van der Waals surface area contributed by atoms with E-state index in [0.29, 0.717) is 36.4 Å². The van der Waals surface area contributed by atoms with Gasteiger partial charge in [0.25, 0.3) is 0 Å². The van der Waals surface area contributed by atoms with Crippen LogP contribution in [0.15, 0.2) is 23.1 Å². The van der Waals surface area contributed by atoms with Crippen LogP contribution in [0.25, 0.3) is 0 Å². The van der Waals surface area contributed by atoms with E-state index >= 15 is 0 Å². The quantitative estimate of drug-likeness (QED) is 0.809. The molecule has 3 unspecified atom stereocenters. The van der Waals surface area contributed by atoms with Gasteiger partial charge in [-0.3, -0.25) is 4.79 Å². The van der Waals surface area contributed by atoms with E-state index in [1.165, 1.54) is 11.2 Å². The summed E-state index contributed by atoms with van der Waals surface area (Å²) in [6, 6.07) is 4.79. The SMILES string of the molecule is CC(=O)N1CCOc2ccc(S(=O)(=O)N(C)C3CCCC(C)C3C)cc21. The van der Waals surface area contributed by atoms with Crippen LogP contribution in [0.2, 0.25) is 0 Å². The molecule has 0 spiro atoms. The fourth-order valence-electron chi connectivity index (χ4n) is 4.10. The lowest BCUT2D eigenvalue weighted by Crippen LogP contribution is -2.45. The maximum absolute atomic E-state index is 13.2. The van der Waals surface area contributed by atoms with Crippen molar-refractivity contribution in [2.24, 2.45) is 11.8 Å². The van der Waals surface area contributed by atoms with Crippen LogP contribution < -0.4 is 9.64 Å². The molecule has 1 aromatic carbocycles. The second kappa shape index (κ2) is 7.19. The Bertz CT molecular complexity index is 793. The normalized spacial score (nSPS) is 26.3. The number of hydrogen-bond acceptors (Lipinski definition) is 4. The lowest BCUT2D eigenvalue weighted by atomic mass is 9.78. The molecular formula is C19H28N2O4S. The molecule has 3 atom stereocenters. The fourth-order valence-corrected chi connectivity index (χ4v) is 5.58. The van der Waals surface area contributed by atoms with Gasteiger partial charge in [0.1, 0.15) is 12.4 Å². The van der Waals surface area contributed by atoms with Gasteiger partial charge in [0, 0.05) is 20.0 Å². The van der Waals surface area contributed by atoms with Crippen molar-refractivity contribution in [2.45, 2.75) is 51.0 Å². The first-order valence-electron chi connectivity index (χ1n) is 9.26. The average molecular weight is 381 g/mol. The lowest BCUT2D eigenvalue weighted by molar-refractivity contribution is -0.116. The van der Waals surface area contributed by atoms with Gasteiger partial charge in [-0.05, 0) is 36.5 Å². The molecule has 144 valence electrons. The van der Waals surface area contributed by atoms with Crippen LogP contribution in [0.4, 0.5) is 5.69 Å². The van der Waals surface area contributed by atoms with Gasteiger partial charge in [-0.25, -0.2) is 8.42 Å². The number of anilines is 1. The van der Waals surface area contributed by atoms with E-state index in [9.17, 15) is 13.2 Å². The minimum absolute atomic E-state index is 0.0000532. The number of ether oxygens (including phenoxy) is 1. The highest BCUT2D eigenvalue weighted by Gasteiger charge is 2.36. The Labute approximate surface area is 156 Å². The number of hydrogen-bond donors (Lipinski definition) is 0. The summed E-state index contributed by atoms with van der Waals surface area (Å²) in [6.45, 7) is 6.65. The molecular weight excluding hydrogens is 352 g/mol. The van der Waals surface area contributed by atoms with Crippen molar-refractivity contribution in [3.63, 3.8) is 0 Å². The maximum atomic E-state index is 13.2. The van der Waals surface area contributed by atoms with Crippen LogP contribution in [-0.2, 0) is 14.8 Å². The number of benzene rings is 1. The molecule has 1 aliphatic heterocycles. The van der Waals surface area contributed by atoms with Crippen molar-refractivity contribution in [2.75, 3.05) is 25.1 Å². The molecule has 0 radical (unpaired) electrons. The number of nitrogens with zero attached hydrogens (tertiary/aromatic N) is 2. The van der Waals surface area contributed by atoms with E-state index in [1.54, 1.807) is 30.1 Å². The zero-order valence-corrected chi connectivity index (χ0v) is 16.8. The molecule has 0 N–H and O–H groups in total. The zero-order chi connectivity index (χ0) is 19.1. The van der Waals surface area contributed by atoms with Crippen molar-refractivity contribution >= 4 is 21.6 Å². The van der Waals surface area contributed by atoms with Gasteiger partial charge >= 0.3 is 0 Å². The Morgan fingerprint density at radius 3 is 2.69 bits per heavy atom. The average Bonchev–Trinajstić information content (AvgIpc) is 2.62. The number of fused-ring (bicyclic) bond motifs is 1. The van der Waals surface area contributed by atoms with Crippen LogP contribution in [0.5, 0.6) is 5.75 Å². The van der Waals surface area contributed by atoms with Gasteiger partial charge in [0.05, 0.1) is 17.1 Å². The minimum atomic E-state index is -3.64. The Kier molecular flexibility index (Phi) is 5.30. The van der Waals surface area contributed by atoms with Crippen LogP contribution in [0, 0.1) is 11.8 Å². The Hall–Kier alpha value is -1.60. The molecule has 1 fully saturated rings. The van der Waals surface area contributed by atoms with Gasteiger partial charge < -0.3 is 9.64 Å². The van der Waals surface area contributed by atoms with Crippen molar-refractivity contribution in [3.8, 4) is 5.75 Å². The molecule has 1 heterocycles. The smallest absolute Gasteiger partial charge is 0.243 e. The van der Waals surface area contributed by atoms with Crippen LogP contribution in [0.1, 0.15) is 40.0 Å². The molecule has 1 aromatic rings. The summed E-state index contributed by atoms with van der Waals surface area (Å²) in [5.74, 6) is 1.26. The Morgan fingerprint density at radius 2 is 2.00 bits per heavy atom. The number of carbonyl (C=O) groups excluding carboxylic acids is 1. The number of carbonyl (C=O) groups is 1. The fraction of sp³-hybridized carbons (Fsp3) is 0.632. The third kappa shape index (κ3) is 3.34. The van der Waals surface area contributed by atoms with Gasteiger partial charge in [-0.15, -0.1) is 0 Å². The summed E-state index contributed by atoms with van der Waals surface area (Å²) in [7, 11) is -1.96. The van der Waals surface area contributed by atoms with E-state index in [-0.39, 0.29) is 16.8 Å². The van der Waals surface area contributed by atoms with Crippen LogP contribution in [0.3, 0.4) is 0 Å². The first kappa shape index (κ1) is 19.2. The minimum Gasteiger partial charge on any atom is -0.490 e. The molecule has 3 rings (SSSR count). The standard InChI is InChI=1S/C19H28N2O4S/c1-13-6-5-7-17(14(13)2)20(4)26(23,24)16-8-9-19-18(12-16)21(15(3)22)10-11-25-19/h8-9,12-14,17H,5-7,10-11H2,1-4H3. The van der Waals surface area contributed by atoms with Gasteiger partial charge in [-0.1, -0.05) is 26.7 Å². The second-order valence-corrected chi connectivity index (χ2v) is 9.50. The number of sulfonamides is 1. The van der Waals surface area contributed by atoms with E-state index in [0.717, 1.165) is 19.3 Å². The molecule has 0 saturated heterocycles. The van der Waals surface area contributed by atoms with Crippen molar-refractivity contribution in [1.29, 1.82) is 0 Å². The maximum Gasteiger partial charge on any atom is 0.243 e. The van der Waals surface area contributed by atoms with E-state index in [4.69, 9.17) is 4.74 Å². The molecule has 2 aliphatic rings. The van der Waals surface area contributed by atoms with E-state index in [1.807, 2.05) is 0 Å². The Balaban J connectivity index is 1.95. The van der Waals surface area contributed by atoms with Gasteiger partial charge in [0.15, 0.2) is 0 Å². The van der Waals surface area contributed by atoms with Crippen molar-refractivity contribution in [1.82, 2.24) is 4.31 Å². The first-order chi connectivity index (χ1) is 12.2. The van der Waals surface area contributed by atoms with Gasteiger partial charge in [0.2, 0.25) is 15.9 Å². The third-order valence-electron chi connectivity index (χ3n) is 5.98. The third-order valence-corrected chi connectivity index (χ3v) is 7.86. The van der Waals surface area contributed by atoms with Crippen molar-refractivity contribution in [3.05, 3.63) is 18.2 Å². The monoisotopic (exact) mass is 380 g/mol. The molecule has 1 amide bonds. The molecule has 1 aliphatic carbocycles. The largest absolute Gasteiger partial charge is 0.490 e. The molecule has 0 bridgehead atoms. The van der Waals surface area contributed by atoms with E-state index in [2.05, 4.69) is 13.8 Å². The summed E-state index contributed by atoms with van der Waals surface area (Å²) >= 11 is 0. The molecule has 0 aromatic heterocycles. The van der Waals surface area contributed by atoms with Crippen LogP contribution in [-0.4, -0.2) is 44.9 Å².